The van der Waals surface area contributed by atoms with Crippen molar-refractivity contribution in [3.63, 3.8) is 0 Å². The van der Waals surface area contributed by atoms with Gasteiger partial charge in [-0.2, -0.15) is 0 Å². The minimum Gasteiger partial charge on any atom is -0.351 e. The number of halogens is 1. The van der Waals surface area contributed by atoms with E-state index in [0.717, 1.165) is 12.8 Å². The number of hydrogen-bond donors (Lipinski definition) is 2. The van der Waals surface area contributed by atoms with Crippen molar-refractivity contribution in [2.45, 2.75) is 44.2 Å². The first-order valence-electron chi connectivity index (χ1n) is 8.19. The molecule has 120 valence electrons. The van der Waals surface area contributed by atoms with Crippen LogP contribution in [0.15, 0.2) is 24.3 Å². The Morgan fingerprint density at radius 2 is 1.82 bits per heavy atom. The van der Waals surface area contributed by atoms with Crippen molar-refractivity contribution in [3.05, 3.63) is 35.6 Å². The topological polar surface area (TPSA) is 58.4 Å². The molecule has 1 aliphatic heterocycles. The molecule has 3 rings (SSSR count). The van der Waals surface area contributed by atoms with Crippen LogP contribution in [0.3, 0.4) is 0 Å². The molecule has 0 radical (unpaired) electrons. The van der Waals surface area contributed by atoms with Crippen molar-refractivity contribution in [3.8, 4) is 0 Å². The number of amides is 2. The van der Waals surface area contributed by atoms with E-state index in [1.807, 2.05) is 12.1 Å². The molecule has 1 saturated heterocycles. The van der Waals surface area contributed by atoms with Crippen LogP contribution in [0.4, 0.5) is 9.18 Å². The molecular formula is C17H24FN3O. The van der Waals surface area contributed by atoms with E-state index in [1.54, 1.807) is 17.0 Å². The molecule has 1 aliphatic carbocycles. The summed E-state index contributed by atoms with van der Waals surface area (Å²) in [5.41, 5.74) is 6.50. The summed E-state index contributed by atoms with van der Waals surface area (Å²) >= 11 is 0. The first kappa shape index (κ1) is 15.3. The van der Waals surface area contributed by atoms with Gasteiger partial charge in [-0.3, -0.25) is 0 Å². The van der Waals surface area contributed by atoms with Crippen LogP contribution in [0.1, 0.15) is 43.7 Å². The summed E-state index contributed by atoms with van der Waals surface area (Å²) < 4.78 is 13.2. The molecule has 1 saturated carbocycles. The summed E-state index contributed by atoms with van der Waals surface area (Å²) in [6, 6.07) is 7.23. The Hall–Kier alpha value is -1.62. The number of carbonyl (C=O) groups excluding carboxylic acids is 1. The van der Waals surface area contributed by atoms with Crippen LogP contribution >= 0.6 is 0 Å². The van der Waals surface area contributed by atoms with Gasteiger partial charge in [0.2, 0.25) is 0 Å². The van der Waals surface area contributed by atoms with Crippen LogP contribution in [0.25, 0.3) is 0 Å². The lowest BCUT2D eigenvalue weighted by atomic mass is 9.76. The van der Waals surface area contributed by atoms with Crippen molar-refractivity contribution in [2.24, 2.45) is 11.7 Å². The highest BCUT2D eigenvalue weighted by atomic mass is 19.1. The molecule has 0 unspecified atom stereocenters. The monoisotopic (exact) mass is 305 g/mol. The number of urea groups is 1. The van der Waals surface area contributed by atoms with Gasteiger partial charge in [-0.25, -0.2) is 9.18 Å². The number of likely N-dealkylation sites (tertiary alicyclic amines) is 1. The number of hydrogen-bond acceptors (Lipinski definition) is 2. The van der Waals surface area contributed by atoms with Crippen LogP contribution < -0.4 is 11.1 Å². The standard InChI is InChI=1S/C17H24FN3O/c18-14-6-4-13(5-7-14)16(12-2-1-3-12)20-15-8-10-21(11-9-15)17(19)22/h4-7,12,15-16,20H,1-3,8-11H2,(H2,19,22)/t16-/m1/s1. The van der Waals surface area contributed by atoms with E-state index < -0.39 is 0 Å². The van der Waals surface area contributed by atoms with Gasteiger partial charge < -0.3 is 16.0 Å². The van der Waals surface area contributed by atoms with E-state index in [-0.39, 0.29) is 11.8 Å². The smallest absolute Gasteiger partial charge is 0.314 e. The molecule has 5 heteroatoms. The Kier molecular flexibility index (Phi) is 4.62. The summed E-state index contributed by atoms with van der Waals surface area (Å²) in [4.78, 5) is 12.9. The maximum absolute atomic E-state index is 13.2. The lowest BCUT2D eigenvalue weighted by molar-refractivity contribution is 0.164. The van der Waals surface area contributed by atoms with Crippen LogP contribution in [0.5, 0.6) is 0 Å². The number of nitrogens with two attached hydrogens (primary N) is 1. The zero-order valence-electron chi connectivity index (χ0n) is 12.8. The maximum atomic E-state index is 13.2. The van der Waals surface area contributed by atoms with Crippen LogP contribution in [0, 0.1) is 11.7 Å². The van der Waals surface area contributed by atoms with E-state index >= 15 is 0 Å². The molecule has 1 atom stereocenters. The van der Waals surface area contributed by atoms with E-state index in [2.05, 4.69) is 5.32 Å². The van der Waals surface area contributed by atoms with Gasteiger partial charge in [0.1, 0.15) is 5.82 Å². The predicted molar refractivity (Wildman–Crippen MR) is 83.8 cm³/mol. The number of carbonyl (C=O) groups is 1. The Balaban J connectivity index is 1.64. The van der Waals surface area contributed by atoms with Gasteiger partial charge in [-0.1, -0.05) is 18.6 Å². The molecule has 0 spiro atoms. The summed E-state index contributed by atoms with van der Waals surface area (Å²) in [5.74, 6) is 0.450. The average molecular weight is 305 g/mol. The van der Waals surface area contributed by atoms with Crippen molar-refractivity contribution >= 4 is 6.03 Å². The molecule has 2 amide bonds. The van der Waals surface area contributed by atoms with E-state index in [1.165, 1.54) is 24.8 Å². The zero-order chi connectivity index (χ0) is 15.5. The number of nitrogens with zero attached hydrogens (tertiary/aromatic N) is 1. The molecule has 1 aromatic rings. The van der Waals surface area contributed by atoms with Gasteiger partial charge >= 0.3 is 6.03 Å². The lowest BCUT2D eigenvalue weighted by Gasteiger charge is -2.39. The third-order valence-electron chi connectivity index (χ3n) is 5.07. The molecule has 0 bridgehead atoms. The quantitative estimate of drug-likeness (QED) is 0.898. The Bertz CT molecular complexity index is 507. The molecule has 3 N–H and O–H groups in total. The largest absolute Gasteiger partial charge is 0.351 e. The second kappa shape index (κ2) is 6.65. The first-order valence-corrected chi connectivity index (χ1v) is 8.19. The summed E-state index contributed by atoms with van der Waals surface area (Å²) in [6.45, 7) is 1.43. The molecule has 1 heterocycles. The average Bonchev–Trinajstić information content (AvgIpc) is 2.46. The van der Waals surface area contributed by atoms with Gasteiger partial charge in [0, 0.05) is 25.2 Å². The summed E-state index contributed by atoms with van der Waals surface area (Å²) in [5, 5.41) is 3.75. The van der Waals surface area contributed by atoms with Gasteiger partial charge in [0.05, 0.1) is 0 Å². The minimum absolute atomic E-state index is 0.189. The number of primary amides is 1. The van der Waals surface area contributed by atoms with Crippen molar-refractivity contribution in [2.75, 3.05) is 13.1 Å². The fraction of sp³-hybridized carbons (Fsp3) is 0.588. The maximum Gasteiger partial charge on any atom is 0.314 e. The fourth-order valence-corrected chi connectivity index (χ4v) is 3.47. The molecule has 2 aliphatic rings. The second-order valence-corrected chi connectivity index (χ2v) is 6.49. The Labute approximate surface area is 130 Å². The minimum atomic E-state index is -0.326. The highest BCUT2D eigenvalue weighted by Crippen LogP contribution is 2.38. The normalized spacial score (nSPS) is 21.4. The molecule has 22 heavy (non-hydrogen) atoms. The number of piperidine rings is 1. The number of nitrogens with one attached hydrogen (secondary N) is 1. The second-order valence-electron chi connectivity index (χ2n) is 6.49. The zero-order valence-corrected chi connectivity index (χ0v) is 12.8. The van der Waals surface area contributed by atoms with E-state index in [4.69, 9.17) is 5.73 Å². The van der Waals surface area contributed by atoms with Crippen molar-refractivity contribution in [1.29, 1.82) is 0 Å². The van der Waals surface area contributed by atoms with Crippen molar-refractivity contribution in [1.82, 2.24) is 10.2 Å². The molecular weight excluding hydrogens is 281 g/mol. The van der Waals surface area contributed by atoms with Crippen LogP contribution in [-0.2, 0) is 0 Å². The highest BCUT2D eigenvalue weighted by Gasteiger charge is 2.31. The fourth-order valence-electron chi connectivity index (χ4n) is 3.47. The summed E-state index contributed by atoms with van der Waals surface area (Å²) in [7, 11) is 0. The van der Waals surface area contributed by atoms with Crippen molar-refractivity contribution < 1.29 is 9.18 Å². The highest BCUT2D eigenvalue weighted by molar-refractivity contribution is 5.72. The Morgan fingerprint density at radius 3 is 2.32 bits per heavy atom. The Morgan fingerprint density at radius 1 is 1.18 bits per heavy atom. The summed E-state index contributed by atoms with van der Waals surface area (Å²) in [6.07, 6.45) is 5.59. The molecule has 0 aromatic heterocycles. The number of rotatable bonds is 4. The SMILES string of the molecule is NC(=O)N1CCC(N[C@@H](c2ccc(F)cc2)C2CCC2)CC1. The predicted octanol–water partition coefficient (Wildman–Crippen LogP) is 2.80. The third kappa shape index (κ3) is 3.40. The van der Waals surface area contributed by atoms with Gasteiger partial charge in [0.15, 0.2) is 0 Å². The van der Waals surface area contributed by atoms with Gasteiger partial charge in [-0.05, 0) is 49.3 Å². The van der Waals surface area contributed by atoms with Gasteiger partial charge in [-0.15, -0.1) is 0 Å². The molecule has 4 nitrogen and oxygen atoms in total. The van der Waals surface area contributed by atoms with Crippen LogP contribution in [0.2, 0.25) is 0 Å². The van der Waals surface area contributed by atoms with Crippen LogP contribution in [-0.4, -0.2) is 30.1 Å². The number of benzene rings is 1. The van der Waals surface area contributed by atoms with Gasteiger partial charge in [0.25, 0.3) is 0 Å². The lowest BCUT2D eigenvalue weighted by Crippen LogP contribution is -2.48. The molecule has 2 fully saturated rings. The third-order valence-corrected chi connectivity index (χ3v) is 5.07. The first-order chi connectivity index (χ1) is 10.6. The van der Waals surface area contributed by atoms with E-state index in [9.17, 15) is 9.18 Å². The molecule has 1 aromatic carbocycles. The van der Waals surface area contributed by atoms with E-state index in [0.29, 0.717) is 31.1 Å².